The van der Waals surface area contributed by atoms with Crippen LogP contribution in [0.5, 0.6) is 0 Å². The highest BCUT2D eigenvalue weighted by Crippen LogP contribution is 2.16. The van der Waals surface area contributed by atoms with E-state index in [0.717, 1.165) is 11.4 Å². The van der Waals surface area contributed by atoms with Crippen LogP contribution in [0, 0.1) is 0 Å². The molecule has 0 unspecified atom stereocenters. The van der Waals surface area contributed by atoms with Gasteiger partial charge in [0, 0.05) is 17.1 Å². The summed E-state index contributed by atoms with van der Waals surface area (Å²) in [4.78, 5) is 12.2. The van der Waals surface area contributed by atoms with Crippen molar-refractivity contribution in [2.45, 2.75) is 13.8 Å². The Kier molecular flexibility index (Phi) is 5.60. The van der Waals surface area contributed by atoms with Crippen LogP contribution in [0.3, 0.4) is 0 Å². The zero-order chi connectivity index (χ0) is 15.8. The molecule has 2 N–H and O–H groups in total. The van der Waals surface area contributed by atoms with Gasteiger partial charge in [0.15, 0.2) is 0 Å². The highest BCUT2D eigenvalue weighted by atomic mass is 16.5. The second kappa shape index (κ2) is 7.88. The van der Waals surface area contributed by atoms with Gasteiger partial charge in [-0.1, -0.05) is 36.4 Å². The standard InChI is InChI=1S/C18H20N2O2/c1-3-22-18(21)17(20-16-12-8-5-9-13-16)14(2)19-15-10-6-4-7-11-15/h4-13,19-20H,3H2,1-2H3/b17-14+. The maximum Gasteiger partial charge on any atom is 0.356 e. The summed E-state index contributed by atoms with van der Waals surface area (Å²) in [6.07, 6.45) is 0. The second-order valence-corrected chi connectivity index (χ2v) is 4.70. The van der Waals surface area contributed by atoms with Gasteiger partial charge in [-0.15, -0.1) is 0 Å². The van der Waals surface area contributed by atoms with Gasteiger partial charge >= 0.3 is 5.97 Å². The summed E-state index contributed by atoms with van der Waals surface area (Å²) < 4.78 is 5.14. The lowest BCUT2D eigenvalue weighted by Crippen LogP contribution is -2.19. The fourth-order valence-electron chi connectivity index (χ4n) is 1.97. The van der Waals surface area contributed by atoms with Crippen molar-refractivity contribution in [3.8, 4) is 0 Å². The van der Waals surface area contributed by atoms with Gasteiger partial charge < -0.3 is 15.4 Å². The van der Waals surface area contributed by atoms with Crippen molar-refractivity contribution >= 4 is 17.3 Å². The molecule has 0 bridgehead atoms. The predicted octanol–water partition coefficient (Wildman–Crippen LogP) is 4.01. The van der Waals surface area contributed by atoms with E-state index in [-0.39, 0.29) is 5.97 Å². The minimum absolute atomic E-state index is 0.331. The summed E-state index contributed by atoms with van der Waals surface area (Å²) in [6, 6.07) is 19.2. The summed E-state index contributed by atoms with van der Waals surface area (Å²) in [5.74, 6) is -0.382. The number of nitrogens with one attached hydrogen (secondary N) is 2. The van der Waals surface area contributed by atoms with Gasteiger partial charge in [0.25, 0.3) is 0 Å². The van der Waals surface area contributed by atoms with E-state index < -0.39 is 0 Å². The molecule has 2 aromatic rings. The quantitative estimate of drug-likeness (QED) is 0.625. The van der Waals surface area contributed by atoms with Gasteiger partial charge in [-0.25, -0.2) is 4.79 Å². The number of carbonyl (C=O) groups is 1. The second-order valence-electron chi connectivity index (χ2n) is 4.70. The summed E-state index contributed by atoms with van der Waals surface area (Å²) in [5, 5.41) is 6.34. The fourth-order valence-corrected chi connectivity index (χ4v) is 1.97. The molecule has 2 rings (SSSR count). The number of esters is 1. The van der Waals surface area contributed by atoms with Crippen molar-refractivity contribution in [2.75, 3.05) is 17.2 Å². The first-order valence-corrected chi connectivity index (χ1v) is 7.23. The molecule has 114 valence electrons. The molecule has 0 spiro atoms. The molecule has 0 aliphatic heterocycles. The number of anilines is 2. The molecule has 4 heteroatoms. The van der Waals surface area contributed by atoms with E-state index in [4.69, 9.17) is 4.74 Å². The zero-order valence-electron chi connectivity index (χ0n) is 12.8. The normalized spacial score (nSPS) is 11.4. The first kappa shape index (κ1) is 15.6. The Hall–Kier alpha value is -2.75. The highest BCUT2D eigenvalue weighted by molar-refractivity contribution is 5.93. The third-order valence-corrected chi connectivity index (χ3v) is 3.00. The minimum Gasteiger partial charge on any atom is -0.461 e. The Morgan fingerprint density at radius 1 is 0.909 bits per heavy atom. The number of hydrogen-bond donors (Lipinski definition) is 2. The van der Waals surface area contributed by atoms with Crippen LogP contribution in [-0.4, -0.2) is 12.6 Å². The summed E-state index contributed by atoms with van der Waals surface area (Å²) in [6.45, 7) is 3.96. The van der Waals surface area contributed by atoms with E-state index in [2.05, 4.69) is 10.6 Å². The minimum atomic E-state index is -0.382. The first-order valence-electron chi connectivity index (χ1n) is 7.23. The molecule has 0 atom stereocenters. The van der Waals surface area contributed by atoms with Gasteiger partial charge in [0.1, 0.15) is 5.70 Å². The smallest absolute Gasteiger partial charge is 0.356 e. The molecule has 0 fully saturated rings. The van der Waals surface area contributed by atoms with E-state index in [1.807, 2.05) is 67.6 Å². The van der Waals surface area contributed by atoms with Crippen molar-refractivity contribution in [1.82, 2.24) is 0 Å². The lowest BCUT2D eigenvalue weighted by molar-refractivity contribution is -0.138. The van der Waals surface area contributed by atoms with E-state index in [1.54, 1.807) is 6.92 Å². The van der Waals surface area contributed by atoms with Crippen LogP contribution in [0.25, 0.3) is 0 Å². The van der Waals surface area contributed by atoms with Crippen molar-refractivity contribution in [2.24, 2.45) is 0 Å². The number of para-hydroxylation sites is 2. The van der Waals surface area contributed by atoms with Crippen LogP contribution in [0.4, 0.5) is 11.4 Å². The number of benzene rings is 2. The summed E-state index contributed by atoms with van der Waals surface area (Å²) >= 11 is 0. The van der Waals surface area contributed by atoms with E-state index >= 15 is 0 Å². The molecular formula is C18H20N2O2. The van der Waals surface area contributed by atoms with E-state index in [1.165, 1.54) is 0 Å². The molecule has 0 aliphatic carbocycles. The van der Waals surface area contributed by atoms with Crippen LogP contribution < -0.4 is 10.6 Å². The van der Waals surface area contributed by atoms with Gasteiger partial charge in [0.05, 0.1) is 6.61 Å². The summed E-state index contributed by atoms with van der Waals surface area (Å²) in [5.41, 5.74) is 2.85. The average molecular weight is 296 g/mol. The highest BCUT2D eigenvalue weighted by Gasteiger charge is 2.15. The largest absolute Gasteiger partial charge is 0.461 e. The molecule has 2 aromatic carbocycles. The van der Waals surface area contributed by atoms with Crippen molar-refractivity contribution in [1.29, 1.82) is 0 Å². The van der Waals surface area contributed by atoms with Crippen LogP contribution in [0.2, 0.25) is 0 Å². The predicted molar refractivity (Wildman–Crippen MR) is 89.5 cm³/mol. The SMILES string of the molecule is CCOC(=O)/C(Nc1ccccc1)=C(/C)Nc1ccccc1. The zero-order valence-corrected chi connectivity index (χ0v) is 12.8. The molecule has 0 heterocycles. The molecule has 0 aromatic heterocycles. The molecule has 0 saturated heterocycles. The molecule has 0 aliphatic rings. The Labute approximate surface area is 130 Å². The first-order chi connectivity index (χ1) is 10.7. The van der Waals surface area contributed by atoms with Crippen molar-refractivity contribution < 1.29 is 9.53 Å². The lowest BCUT2D eigenvalue weighted by atomic mass is 10.2. The maximum atomic E-state index is 12.2. The lowest BCUT2D eigenvalue weighted by Gasteiger charge is -2.15. The van der Waals surface area contributed by atoms with Crippen LogP contribution in [0.1, 0.15) is 13.8 Å². The third kappa shape index (κ3) is 4.38. The number of rotatable bonds is 6. The molecule has 0 radical (unpaired) electrons. The van der Waals surface area contributed by atoms with Crippen molar-refractivity contribution in [3.63, 3.8) is 0 Å². The Morgan fingerprint density at radius 3 is 1.91 bits per heavy atom. The van der Waals surface area contributed by atoms with Gasteiger partial charge in [-0.3, -0.25) is 0 Å². The number of hydrogen-bond acceptors (Lipinski definition) is 4. The number of ether oxygens (including phenoxy) is 1. The van der Waals surface area contributed by atoms with E-state index in [9.17, 15) is 4.79 Å². The molecule has 22 heavy (non-hydrogen) atoms. The van der Waals surface area contributed by atoms with E-state index in [0.29, 0.717) is 18.0 Å². The fraction of sp³-hybridized carbons (Fsp3) is 0.167. The Morgan fingerprint density at radius 2 is 1.41 bits per heavy atom. The van der Waals surface area contributed by atoms with Gasteiger partial charge in [-0.05, 0) is 38.1 Å². The molecule has 0 saturated carbocycles. The number of allylic oxidation sites excluding steroid dienone is 1. The van der Waals surface area contributed by atoms with Gasteiger partial charge in [-0.2, -0.15) is 0 Å². The molecular weight excluding hydrogens is 276 g/mol. The Bertz CT molecular complexity index is 637. The Balaban J connectivity index is 2.25. The van der Waals surface area contributed by atoms with Crippen molar-refractivity contribution in [3.05, 3.63) is 72.1 Å². The average Bonchev–Trinajstić information content (AvgIpc) is 2.54. The monoisotopic (exact) mass is 296 g/mol. The van der Waals surface area contributed by atoms with Crippen LogP contribution in [-0.2, 0) is 9.53 Å². The topological polar surface area (TPSA) is 50.4 Å². The summed E-state index contributed by atoms with van der Waals surface area (Å²) in [7, 11) is 0. The van der Waals surface area contributed by atoms with Crippen LogP contribution in [0.15, 0.2) is 72.1 Å². The maximum absolute atomic E-state index is 12.2. The van der Waals surface area contributed by atoms with Crippen LogP contribution >= 0.6 is 0 Å². The molecule has 0 amide bonds. The van der Waals surface area contributed by atoms with Gasteiger partial charge in [0.2, 0.25) is 0 Å². The molecule has 4 nitrogen and oxygen atoms in total. The number of carbonyl (C=O) groups excluding carboxylic acids is 1. The third-order valence-electron chi connectivity index (χ3n) is 3.00.